The van der Waals surface area contributed by atoms with Gasteiger partial charge in [-0.15, -0.1) is 0 Å². The van der Waals surface area contributed by atoms with E-state index in [1.807, 2.05) is 0 Å². The zero-order valence-electron chi connectivity index (χ0n) is 11.7. The molecule has 0 saturated carbocycles. The van der Waals surface area contributed by atoms with Gasteiger partial charge >= 0.3 is 5.97 Å². The Bertz CT molecular complexity index is 637. The smallest absolute Gasteiger partial charge is 0.337 e. The number of nitrogens with zero attached hydrogens (tertiary/aromatic N) is 1. The summed E-state index contributed by atoms with van der Waals surface area (Å²) in [6, 6.07) is 4.88. The second-order valence-electron chi connectivity index (χ2n) is 4.57. The Labute approximate surface area is 121 Å². The van der Waals surface area contributed by atoms with Gasteiger partial charge in [0.1, 0.15) is 5.71 Å². The van der Waals surface area contributed by atoms with Crippen molar-refractivity contribution >= 4 is 29.2 Å². The van der Waals surface area contributed by atoms with Gasteiger partial charge in [0.2, 0.25) is 5.91 Å². The summed E-state index contributed by atoms with van der Waals surface area (Å²) in [5, 5.41) is 6.41. The number of aryl methyl sites for hydroxylation is 1. The summed E-state index contributed by atoms with van der Waals surface area (Å²) in [6.45, 7) is 1.81. The molecule has 0 radical (unpaired) electrons. The fourth-order valence-corrected chi connectivity index (χ4v) is 1.83. The maximum absolute atomic E-state index is 12.1. The van der Waals surface area contributed by atoms with E-state index in [1.54, 1.807) is 25.1 Å². The van der Waals surface area contributed by atoms with Crippen LogP contribution in [0.15, 0.2) is 23.3 Å². The Morgan fingerprint density at radius 3 is 2.71 bits per heavy atom. The lowest BCUT2D eigenvalue weighted by Crippen LogP contribution is -2.32. The summed E-state index contributed by atoms with van der Waals surface area (Å²) < 4.78 is 4.64. The molecule has 0 unspecified atom stereocenters. The number of anilines is 1. The Balaban J connectivity index is 2.17. The number of methoxy groups -OCH3 is 1. The lowest BCUT2D eigenvalue weighted by Gasteiger charge is -2.13. The van der Waals surface area contributed by atoms with Gasteiger partial charge < -0.3 is 10.1 Å². The molecule has 1 aliphatic rings. The lowest BCUT2D eigenvalue weighted by molar-refractivity contribution is -0.121. The predicted molar refractivity (Wildman–Crippen MR) is 76.0 cm³/mol. The van der Waals surface area contributed by atoms with E-state index in [4.69, 9.17) is 0 Å². The lowest BCUT2D eigenvalue weighted by atomic mass is 10.1. The van der Waals surface area contributed by atoms with Crippen LogP contribution in [0.1, 0.15) is 28.8 Å². The molecule has 2 amide bonds. The van der Waals surface area contributed by atoms with Crippen molar-refractivity contribution in [3.8, 4) is 0 Å². The second-order valence-corrected chi connectivity index (χ2v) is 4.57. The molecule has 1 heterocycles. The van der Waals surface area contributed by atoms with Crippen LogP contribution in [0.5, 0.6) is 0 Å². The van der Waals surface area contributed by atoms with Crippen LogP contribution >= 0.6 is 0 Å². The number of ether oxygens (including phenoxy) is 1. The summed E-state index contributed by atoms with van der Waals surface area (Å²) in [6.07, 6.45) is 0.515. The fourth-order valence-electron chi connectivity index (χ4n) is 1.83. The highest BCUT2D eigenvalue weighted by Gasteiger charge is 2.19. The SMILES string of the molecule is COC(=O)c1ccc(C)c(NC(=O)C2=NNC(=O)CC2)c1. The van der Waals surface area contributed by atoms with Crippen molar-refractivity contribution in [2.75, 3.05) is 12.4 Å². The zero-order valence-corrected chi connectivity index (χ0v) is 11.7. The second kappa shape index (κ2) is 6.17. The van der Waals surface area contributed by atoms with Crippen molar-refractivity contribution < 1.29 is 19.1 Å². The van der Waals surface area contributed by atoms with Crippen molar-refractivity contribution in [2.45, 2.75) is 19.8 Å². The van der Waals surface area contributed by atoms with Gasteiger partial charge in [-0.3, -0.25) is 9.59 Å². The van der Waals surface area contributed by atoms with Crippen molar-refractivity contribution in [3.63, 3.8) is 0 Å². The summed E-state index contributed by atoms with van der Waals surface area (Å²) in [5.41, 5.74) is 4.16. The van der Waals surface area contributed by atoms with Gasteiger partial charge in [0.05, 0.1) is 12.7 Å². The Kier molecular flexibility index (Phi) is 4.32. The monoisotopic (exact) mass is 289 g/mol. The van der Waals surface area contributed by atoms with Crippen molar-refractivity contribution in [2.24, 2.45) is 5.10 Å². The van der Waals surface area contributed by atoms with Crippen molar-refractivity contribution in [1.82, 2.24) is 5.43 Å². The van der Waals surface area contributed by atoms with E-state index in [0.29, 0.717) is 11.3 Å². The van der Waals surface area contributed by atoms with Crippen LogP contribution in [0.4, 0.5) is 5.69 Å². The number of benzene rings is 1. The molecule has 1 aliphatic heterocycles. The Morgan fingerprint density at radius 2 is 2.10 bits per heavy atom. The molecule has 0 bridgehead atoms. The molecule has 110 valence electrons. The van der Waals surface area contributed by atoms with E-state index in [2.05, 4.69) is 20.6 Å². The standard InChI is InChI=1S/C14H15N3O4/c1-8-3-4-9(14(20)21-2)7-11(8)15-13(19)10-5-6-12(18)17-16-10/h3-4,7H,5-6H2,1-2H3,(H,15,19)(H,17,18). The molecule has 1 aromatic carbocycles. The summed E-state index contributed by atoms with van der Waals surface area (Å²) >= 11 is 0. The highest BCUT2D eigenvalue weighted by molar-refractivity contribution is 6.43. The molecular formula is C14H15N3O4. The first-order valence-electron chi connectivity index (χ1n) is 6.37. The summed E-state index contributed by atoms with van der Waals surface area (Å²) in [4.78, 5) is 34.6. The van der Waals surface area contributed by atoms with Gasteiger partial charge in [0.15, 0.2) is 0 Å². The molecule has 2 N–H and O–H groups in total. The van der Waals surface area contributed by atoms with E-state index in [-0.39, 0.29) is 24.5 Å². The first-order valence-corrected chi connectivity index (χ1v) is 6.37. The molecule has 1 aromatic rings. The highest BCUT2D eigenvalue weighted by Crippen LogP contribution is 2.18. The number of rotatable bonds is 3. The van der Waals surface area contributed by atoms with Crippen LogP contribution < -0.4 is 10.7 Å². The van der Waals surface area contributed by atoms with Crippen LogP contribution in [-0.2, 0) is 14.3 Å². The van der Waals surface area contributed by atoms with E-state index in [9.17, 15) is 14.4 Å². The Hall–Kier alpha value is -2.70. The first kappa shape index (κ1) is 14.7. The van der Waals surface area contributed by atoms with Crippen LogP contribution in [0.3, 0.4) is 0 Å². The van der Waals surface area contributed by atoms with Crippen LogP contribution in [0, 0.1) is 6.92 Å². The van der Waals surface area contributed by atoms with Crippen molar-refractivity contribution in [3.05, 3.63) is 29.3 Å². The topological polar surface area (TPSA) is 96.9 Å². The quantitative estimate of drug-likeness (QED) is 0.811. The molecule has 0 aromatic heterocycles. The maximum atomic E-state index is 12.1. The number of carbonyl (C=O) groups is 3. The number of amides is 2. The highest BCUT2D eigenvalue weighted by atomic mass is 16.5. The van der Waals surface area contributed by atoms with E-state index >= 15 is 0 Å². The van der Waals surface area contributed by atoms with Crippen LogP contribution in [-0.4, -0.2) is 30.6 Å². The summed E-state index contributed by atoms with van der Waals surface area (Å²) in [5.74, 6) is -1.09. The third kappa shape index (κ3) is 3.44. The fraction of sp³-hybridized carbons (Fsp3) is 0.286. The van der Waals surface area contributed by atoms with E-state index in [0.717, 1.165) is 5.56 Å². The Morgan fingerprint density at radius 1 is 1.33 bits per heavy atom. The third-order valence-corrected chi connectivity index (χ3v) is 3.07. The molecule has 7 nitrogen and oxygen atoms in total. The molecular weight excluding hydrogens is 274 g/mol. The number of esters is 1. The van der Waals surface area contributed by atoms with Gasteiger partial charge in [-0.05, 0) is 24.6 Å². The zero-order chi connectivity index (χ0) is 15.4. The molecule has 0 saturated heterocycles. The molecule has 0 atom stereocenters. The van der Waals surface area contributed by atoms with Crippen molar-refractivity contribution in [1.29, 1.82) is 0 Å². The minimum absolute atomic E-state index is 0.213. The van der Waals surface area contributed by atoms with Gasteiger partial charge in [-0.2, -0.15) is 5.10 Å². The third-order valence-electron chi connectivity index (χ3n) is 3.07. The average molecular weight is 289 g/mol. The molecule has 2 rings (SSSR count). The van der Waals surface area contributed by atoms with E-state index < -0.39 is 11.9 Å². The molecule has 21 heavy (non-hydrogen) atoms. The molecule has 0 spiro atoms. The molecule has 0 fully saturated rings. The number of nitrogens with one attached hydrogen (secondary N) is 2. The average Bonchev–Trinajstić information content (AvgIpc) is 2.49. The van der Waals surface area contributed by atoms with Crippen LogP contribution in [0.2, 0.25) is 0 Å². The minimum atomic E-state index is -0.479. The number of carbonyl (C=O) groups excluding carboxylic acids is 3. The number of hydrazone groups is 1. The van der Waals surface area contributed by atoms with Gasteiger partial charge in [0.25, 0.3) is 5.91 Å². The summed E-state index contributed by atoms with van der Waals surface area (Å²) in [7, 11) is 1.29. The van der Waals surface area contributed by atoms with Gasteiger partial charge in [-0.25, -0.2) is 10.2 Å². The van der Waals surface area contributed by atoms with Gasteiger partial charge in [-0.1, -0.05) is 6.07 Å². The minimum Gasteiger partial charge on any atom is -0.465 e. The predicted octanol–water partition coefficient (Wildman–Crippen LogP) is 0.986. The largest absolute Gasteiger partial charge is 0.465 e. The van der Waals surface area contributed by atoms with E-state index in [1.165, 1.54) is 7.11 Å². The number of hydrogen-bond donors (Lipinski definition) is 2. The molecule has 0 aliphatic carbocycles. The normalized spacial score (nSPS) is 14.0. The first-order chi connectivity index (χ1) is 10.0. The van der Waals surface area contributed by atoms with Gasteiger partial charge in [0, 0.05) is 18.5 Å². The number of hydrogen-bond acceptors (Lipinski definition) is 5. The molecule has 7 heteroatoms. The maximum Gasteiger partial charge on any atom is 0.337 e. The van der Waals surface area contributed by atoms with Crippen LogP contribution in [0.25, 0.3) is 0 Å².